The summed E-state index contributed by atoms with van der Waals surface area (Å²) in [5, 5.41) is 7.57. The number of anilines is 1. The van der Waals surface area contributed by atoms with Crippen molar-refractivity contribution in [2.75, 3.05) is 25.1 Å². The van der Waals surface area contributed by atoms with Crippen LogP contribution in [0.1, 0.15) is 41.8 Å². The van der Waals surface area contributed by atoms with Crippen molar-refractivity contribution in [3.63, 3.8) is 0 Å². The number of hydrogen-bond acceptors (Lipinski definition) is 6. The first-order valence-electron chi connectivity index (χ1n) is 12.0. The van der Waals surface area contributed by atoms with Crippen LogP contribution in [-0.2, 0) is 4.79 Å². The Morgan fingerprint density at radius 2 is 1.68 bits per heavy atom. The molecule has 0 saturated heterocycles. The van der Waals surface area contributed by atoms with Crippen LogP contribution < -0.4 is 25.0 Å². The first-order valence-corrected chi connectivity index (χ1v) is 12.8. The molecule has 200 valence electrons. The third-order valence-corrected chi connectivity index (χ3v) is 5.82. The Labute approximate surface area is 231 Å². The molecule has 38 heavy (non-hydrogen) atoms. The average Bonchev–Trinajstić information content (AvgIpc) is 2.89. The van der Waals surface area contributed by atoms with Crippen molar-refractivity contribution in [3.8, 4) is 17.2 Å². The van der Waals surface area contributed by atoms with Gasteiger partial charge in [0, 0.05) is 16.3 Å². The summed E-state index contributed by atoms with van der Waals surface area (Å²) in [6.07, 6.45) is 2.31. The van der Waals surface area contributed by atoms with E-state index in [9.17, 15) is 9.59 Å². The average molecular weight is 558 g/mol. The Kier molecular flexibility index (Phi) is 10.8. The van der Waals surface area contributed by atoms with Crippen LogP contribution in [0, 0.1) is 6.92 Å². The quantitative estimate of drug-likeness (QED) is 0.202. The number of carbonyl (C=O) groups is 2. The van der Waals surface area contributed by atoms with Gasteiger partial charge in [0.15, 0.2) is 18.1 Å². The van der Waals surface area contributed by atoms with Gasteiger partial charge in [-0.25, -0.2) is 5.43 Å². The molecule has 0 aliphatic heterocycles. The van der Waals surface area contributed by atoms with E-state index in [0.29, 0.717) is 52.3 Å². The van der Waals surface area contributed by atoms with Crippen LogP contribution in [0.2, 0.25) is 10.0 Å². The van der Waals surface area contributed by atoms with Gasteiger partial charge in [-0.1, -0.05) is 36.2 Å². The van der Waals surface area contributed by atoms with Crippen LogP contribution in [0.25, 0.3) is 0 Å². The molecule has 2 N–H and O–H groups in total. The van der Waals surface area contributed by atoms with Gasteiger partial charge in [0.1, 0.15) is 5.75 Å². The third kappa shape index (κ3) is 8.39. The lowest BCUT2D eigenvalue weighted by molar-refractivity contribution is -0.118. The number of halogens is 2. The first kappa shape index (κ1) is 28.8. The van der Waals surface area contributed by atoms with Crippen LogP contribution in [0.4, 0.5) is 5.69 Å². The summed E-state index contributed by atoms with van der Waals surface area (Å²) in [7, 11) is 0. The Bertz CT molecular complexity index is 1310. The summed E-state index contributed by atoms with van der Waals surface area (Å²) in [6, 6.07) is 15.1. The molecule has 0 radical (unpaired) electrons. The van der Waals surface area contributed by atoms with Crippen molar-refractivity contribution in [1.29, 1.82) is 0 Å². The molecular formula is C28H29Cl2N3O5. The number of carbonyl (C=O) groups excluding carboxylic acids is 2. The fraction of sp³-hybridized carbons (Fsp3) is 0.250. The topological polar surface area (TPSA) is 98.3 Å². The van der Waals surface area contributed by atoms with E-state index in [0.717, 1.165) is 12.0 Å². The highest BCUT2D eigenvalue weighted by atomic mass is 35.5. The molecule has 0 aliphatic rings. The second-order valence-electron chi connectivity index (χ2n) is 8.13. The molecule has 0 heterocycles. The summed E-state index contributed by atoms with van der Waals surface area (Å²) in [4.78, 5) is 24.7. The number of nitrogens with zero attached hydrogens (tertiary/aromatic N) is 1. The van der Waals surface area contributed by atoms with E-state index in [1.54, 1.807) is 48.5 Å². The molecule has 0 saturated carbocycles. The lowest BCUT2D eigenvalue weighted by Gasteiger charge is -2.12. The SMILES string of the molecule is CCCOc1ccc(C(=O)N/N=C/c2ccc(OCC(=O)Nc3ccc(C)c(Cl)c3)c(Cl)c2)cc1OCC. The zero-order valence-electron chi connectivity index (χ0n) is 21.3. The number of rotatable bonds is 12. The highest BCUT2D eigenvalue weighted by Crippen LogP contribution is 2.29. The van der Waals surface area contributed by atoms with Crippen LogP contribution in [0.5, 0.6) is 17.2 Å². The van der Waals surface area contributed by atoms with E-state index < -0.39 is 5.91 Å². The van der Waals surface area contributed by atoms with Gasteiger partial charge in [0.2, 0.25) is 0 Å². The van der Waals surface area contributed by atoms with Gasteiger partial charge in [0.05, 0.1) is 24.5 Å². The van der Waals surface area contributed by atoms with Gasteiger partial charge in [-0.3, -0.25) is 9.59 Å². The zero-order valence-corrected chi connectivity index (χ0v) is 22.9. The Hall–Kier alpha value is -3.75. The minimum Gasteiger partial charge on any atom is -0.490 e. The molecule has 3 aromatic carbocycles. The van der Waals surface area contributed by atoms with Gasteiger partial charge < -0.3 is 19.5 Å². The number of ether oxygens (including phenoxy) is 3. The minimum atomic E-state index is -0.406. The number of amides is 2. The molecule has 0 aliphatic carbocycles. The second-order valence-corrected chi connectivity index (χ2v) is 8.95. The summed E-state index contributed by atoms with van der Waals surface area (Å²) in [6.45, 7) is 6.51. The molecule has 0 atom stereocenters. The molecule has 0 fully saturated rings. The van der Waals surface area contributed by atoms with E-state index in [1.807, 2.05) is 26.8 Å². The number of benzene rings is 3. The lowest BCUT2D eigenvalue weighted by Crippen LogP contribution is -2.20. The van der Waals surface area contributed by atoms with E-state index in [4.69, 9.17) is 37.4 Å². The second kappa shape index (κ2) is 14.3. The smallest absolute Gasteiger partial charge is 0.271 e. The van der Waals surface area contributed by atoms with E-state index in [1.165, 1.54) is 6.21 Å². The van der Waals surface area contributed by atoms with Gasteiger partial charge in [-0.05, 0) is 79.9 Å². The maximum Gasteiger partial charge on any atom is 0.271 e. The minimum absolute atomic E-state index is 0.235. The van der Waals surface area contributed by atoms with Crippen LogP contribution in [0.15, 0.2) is 59.7 Å². The number of hydrazone groups is 1. The Morgan fingerprint density at radius 3 is 2.39 bits per heavy atom. The standard InChI is InChI=1S/C28H29Cl2N3O5/c1-4-12-37-25-11-8-20(14-26(25)36-5-2)28(35)33-31-16-19-7-10-24(23(30)13-19)38-17-27(34)32-21-9-6-18(3)22(29)15-21/h6-11,13-16H,4-5,12,17H2,1-3H3,(H,32,34)(H,33,35)/b31-16+. The normalized spacial score (nSPS) is 10.8. The molecule has 10 heteroatoms. The summed E-state index contributed by atoms with van der Waals surface area (Å²) < 4.78 is 16.8. The fourth-order valence-corrected chi connectivity index (χ4v) is 3.63. The molecule has 3 rings (SSSR count). The molecule has 8 nitrogen and oxygen atoms in total. The molecule has 0 bridgehead atoms. The predicted octanol–water partition coefficient (Wildman–Crippen LogP) is 6.27. The molecule has 0 spiro atoms. The van der Waals surface area contributed by atoms with Crippen molar-refractivity contribution in [1.82, 2.24) is 5.43 Å². The Morgan fingerprint density at radius 1 is 0.895 bits per heavy atom. The van der Waals surface area contributed by atoms with Gasteiger partial charge >= 0.3 is 0 Å². The van der Waals surface area contributed by atoms with E-state index in [-0.39, 0.29) is 17.5 Å². The third-order valence-electron chi connectivity index (χ3n) is 5.12. The van der Waals surface area contributed by atoms with E-state index in [2.05, 4.69) is 15.8 Å². The summed E-state index contributed by atoms with van der Waals surface area (Å²) in [5.41, 5.74) is 4.97. The monoisotopic (exact) mass is 557 g/mol. The van der Waals surface area contributed by atoms with Crippen molar-refractivity contribution < 1.29 is 23.8 Å². The van der Waals surface area contributed by atoms with Gasteiger partial charge in [-0.2, -0.15) is 5.10 Å². The molecular weight excluding hydrogens is 529 g/mol. The van der Waals surface area contributed by atoms with Gasteiger partial charge in [0.25, 0.3) is 11.8 Å². The number of nitrogens with one attached hydrogen (secondary N) is 2. The van der Waals surface area contributed by atoms with Crippen molar-refractivity contribution in [2.24, 2.45) is 5.10 Å². The highest BCUT2D eigenvalue weighted by Gasteiger charge is 2.12. The maximum atomic E-state index is 12.5. The fourth-order valence-electron chi connectivity index (χ4n) is 3.20. The van der Waals surface area contributed by atoms with Crippen molar-refractivity contribution in [3.05, 3.63) is 81.3 Å². The molecule has 0 unspecified atom stereocenters. The largest absolute Gasteiger partial charge is 0.490 e. The number of hydrogen-bond donors (Lipinski definition) is 2. The summed E-state index contributed by atoms with van der Waals surface area (Å²) >= 11 is 12.4. The zero-order chi connectivity index (χ0) is 27.5. The lowest BCUT2D eigenvalue weighted by atomic mass is 10.2. The molecule has 2 amide bonds. The van der Waals surface area contributed by atoms with Crippen molar-refractivity contribution in [2.45, 2.75) is 27.2 Å². The maximum absolute atomic E-state index is 12.5. The first-order chi connectivity index (χ1) is 18.3. The molecule has 0 aromatic heterocycles. The van der Waals surface area contributed by atoms with Crippen LogP contribution in [-0.4, -0.2) is 37.8 Å². The van der Waals surface area contributed by atoms with Gasteiger partial charge in [-0.15, -0.1) is 0 Å². The highest BCUT2D eigenvalue weighted by molar-refractivity contribution is 6.32. The van der Waals surface area contributed by atoms with Crippen molar-refractivity contribution >= 4 is 46.9 Å². The van der Waals surface area contributed by atoms with Crippen LogP contribution >= 0.6 is 23.2 Å². The predicted molar refractivity (Wildman–Crippen MR) is 150 cm³/mol. The number of aryl methyl sites for hydroxylation is 1. The molecule has 3 aromatic rings. The van der Waals surface area contributed by atoms with E-state index >= 15 is 0 Å². The van der Waals surface area contributed by atoms with Crippen LogP contribution in [0.3, 0.4) is 0 Å². The Balaban J connectivity index is 1.54. The summed E-state index contributed by atoms with van der Waals surface area (Å²) in [5.74, 6) is 0.653.